The third-order valence-corrected chi connectivity index (χ3v) is 0.627. The van der Waals surface area contributed by atoms with E-state index in [2.05, 4.69) is 5.32 Å². The number of rotatable bonds is 0. The highest BCUT2D eigenvalue weighted by atomic mass is 16.5. The van der Waals surface area contributed by atoms with E-state index in [0.717, 1.165) is 19.9 Å². The van der Waals surface area contributed by atoms with Crippen molar-refractivity contribution in [2.24, 2.45) is 0 Å². The second-order valence-electron chi connectivity index (χ2n) is 1.05. The summed E-state index contributed by atoms with van der Waals surface area (Å²) in [6.45, 7) is 14.7. The van der Waals surface area contributed by atoms with Crippen molar-refractivity contribution >= 4 is 0 Å². The first-order chi connectivity index (χ1) is 5.50. The highest BCUT2D eigenvalue weighted by Gasteiger charge is 1.92. The van der Waals surface area contributed by atoms with Crippen molar-refractivity contribution < 1.29 is 4.74 Å². The Labute approximate surface area is 72.3 Å². The summed E-state index contributed by atoms with van der Waals surface area (Å²) in [6, 6.07) is 0. The molecule has 1 rings (SSSR count). The number of hydrogen-bond donors (Lipinski definition) is 1. The quantitative estimate of drug-likeness (QED) is 0.593. The van der Waals surface area contributed by atoms with Gasteiger partial charge in [0.05, 0.1) is 13.3 Å². The van der Waals surface area contributed by atoms with Crippen LogP contribution in [0, 0.1) is 0 Å². The van der Waals surface area contributed by atoms with Crippen LogP contribution in [-0.2, 0) is 4.74 Å². The monoisotopic (exact) mass is 163 g/mol. The zero-order valence-electron chi connectivity index (χ0n) is 9.03. The first kappa shape index (κ1) is 17.1. The first-order valence-electron chi connectivity index (χ1n) is 4.78. The van der Waals surface area contributed by atoms with Crippen LogP contribution < -0.4 is 5.32 Å². The average Bonchev–Trinajstić information content (AvgIpc) is 2.71. The van der Waals surface area contributed by atoms with E-state index in [1.165, 1.54) is 0 Å². The van der Waals surface area contributed by atoms with Gasteiger partial charge in [0, 0.05) is 6.54 Å². The molecule has 2 heteroatoms. The summed E-state index contributed by atoms with van der Waals surface area (Å²) in [4.78, 5) is 0. The van der Waals surface area contributed by atoms with Gasteiger partial charge in [-0.3, -0.25) is 5.32 Å². The molecular weight excluding hydrogens is 138 g/mol. The van der Waals surface area contributed by atoms with E-state index in [0.29, 0.717) is 0 Å². The van der Waals surface area contributed by atoms with Gasteiger partial charge in [-0.25, -0.2) is 0 Å². The van der Waals surface area contributed by atoms with Crippen molar-refractivity contribution in [3.05, 3.63) is 0 Å². The number of ether oxygens (including phenoxy) is 1. The number of hydrogen-bond acceptors (Lipinski definition) is 2. The predicted molar refractivity (Wildman–Crippen MR) is 52.9 cm³/mol. The lowest BCUT2D eigenvalue weighted by atomic mass is 10.7. The third-order valence-electron chi connectivity index (χ3n) is 0.627. The van der Waals surface area contributed by atoms with Crippen molar-refractivity contribution in [1.29, 1.82) is 0 Å². The van der Waals surface area contributed by atoms with Crippen LogP contribution in [0.3, 0.4) is 0 Å². The Morgan fingerprint density at radius 2 is 1.36 bits per heavy atom. The topological polar surface area (TPSA) is 21.3 Å². The summed E-state index contributed by atoms with van der Waals surface area (Å²) in [5.74, 6) is 0. The minimum atomic E-state index is 0.750. The van der Waals surface area contributed by atoms with Crippen molar-refractivity contribution in [1.82, 2.24) is 5.32 Å². The molecule has 0 unspecified atom stereocenters. The van der Waals surface area contributed by atoms with E-state index in [9.17, 15) is 0 Å². The average molecular weight is 163 g/mol. The van der Waals surface area contributed by atoms with Crippen LogP contribution in [0.25, 0.3) is 0 Å². The van der Waals surface area contributed by atoms with Gasteiger partial charge in [-0.15, -0.1) is 0 Å². The molecule has 0 radical (unpaired) electrons. The highest BCUT2D eigenvalue weighted by Crippen LogP contribution is 1.75. The highest BCUT2D eigenvalue weighted by molar-refractivity contribution is 4.43. The van der Waals surface area contributed by atoms with Crippen LogP contribution in [0.2, 0.25) is 0 Å². The minimum Gasteiger partial charge on any atom is -0.365 e. The molecule has 1 heterocycles. The summed E-state index contributed by atoms with van der Waals surface area (Å²) < 4.78 is 4.83. The van der Waals surface area contributed by atoms with Gasteiger partial charge in [0.2, 0.25) is 0 Å². The fourth-order valence-corrected chi connectivity index (χ4v) is 0.361. The largest absolute Gasteiger partial charge is 0.365 e. The molecule has 72 valence electrons. The van der Waals surface area contributed by atoms with Crippen LogP contribution in [0.1, 0.15) is 41.5 Å². The van der Waals surface area contributed by atoms with Gasteiger partial charge in [0.1, 0.15) is 0 Å². The molecule has 1 aliphatic heterocycles. The molecule has 11 heavy (non-hydrogen) atoms. The maximum Gasteiger partial charge on any atom is 0.0966 e. The summed E-state index contributed by atoms with van der Waals surface area (Å²) >= 11 is 0. The molecule has 1 fully saturated rings. The fourth-order valence-electron chi connectivity index (χ4n) is 0.361. The van der Waals surface area contributed by atoms with E-state index in [1.807, 2.05) is 41.5 Å². The first-order valence-corrected chi connectivity index (χ1v) is 4.78. The molecule has 0 saturated carbocycles. The van der Waals surface area contributed by atoms with Gasteiger partial charge in [-0.05, 0) is 0 Å². The van der Waals surface area contributed by atoms with Crippen LogP contribution in [0.5, 0.6) is 0 Å². The van der Waals surface area contributed by atoms with E-state index in [-0.39, 0.29) is 0 Å². The smallest absolute Gasteiger partial charge is 0.0966 e. The van der Waals surface area contributed by atoms with Crippen LogP contribution >= 0.6 is 0 Å². The second kappa shape index (κ2) is 32.6. The van der Waals surface area contributed by atoms with Crippen molar-refractivity contribution in [3.8, 4) is 0 Å². The Morgan fingerprint density at radius 1 is 0.909 bits per heavy atom. The molecule has 0 aromatic carbocycles. The van der Waals surface area contributed by atoms with E-state index in [4.69, 9.17) is 4.74 Å². The molecule has 0 bridgehead atoms. The molecule has 0 aromatic heterocycles. The summed E-state index contributed by atoms with van der Waals surface area (Å²) in [5, 5.41) is 3.00. The minimum absolute atomic E-state index is 0.750. The summed E-state index contributed by atoms with van der Waals surface area (Å²) in [7, 11) is 0. The molecule has 0 atom stereocenters. The second-order valence-corrected chi connectivity index (χ2v) is 1.05. The molecule has 0 aromatic rings. The maximum absolute atomic E-state index is 4.83. The zero-order valence-corrected chi connectivity index (χ0v) is 9.03. The lowest BCUT2D eigenvalue weighted by molar-refractivity contribution is 0.194. The SMILES string of the molecule is C1COCN1.CC.CC.CC. The van der Waals surface area contributed by atoms with E-state index >= 15 is 0 Å². The van der Waals surface area contributed by atoms with Gasteiger partial charge in [0.15, 0.2) is 0 Å². The summed E-state index contributed by atoms with van der Waals surface area (Å²) in [6.07, 6.45) is 0. The Morgan fingerprint density at radius 3 is 1.45 bits per heavy atom. The van der Waals surface area contributed by atoms with Gasteiger partial charge in [-0.2, -0.15) is 0 Å². The van der Waals surface area contributed by atoms with Gasteiger partial charge >= 0.3 is 0 Å². The molecule has 0 spiro atoms. The molecular formula is C9H25NO. The molecule has 1 aliphatic rings. The van der Waals surface area contributed by atoms with Gasteiger partial charge in [0.25, 0.3) is 0 Å². The van der Waals surface area contributed by atoms with Crippen LogP contribution in [-0.4, -0.2) is 19.9 Å². The van der Waals surface area contributed by atoms with Gasteiger partial charge in [-0.1, -0.05) is 41.5 Å². The van der Waals surface area contributed by atoms with Crippen LogP contribution in [0.4, 0.5) is 0 Å². The van der Waals surface area contributed by atoms with Gasteiger partial charge < -0.3 is 4.74 Å². The lowest BCUT2D eigenvalue weighted by Crippen LogP contribution is -2.05. The fraction of sp³-hybridized carbons (Fsp3) is 1.00. The van der Waals surface area contributed by atoms with Crippen molar-refractivity contribution in [2.75, 3.05) is 19.9 Å². The number of nitrogens with one attached hydrogen (secondary N) is 1. The lowest BCUT2D eigenvalue weighted by Gasteiger charge is -1.76. The Bertz CT molecular complexity index is 21.1. The maximum atomic E-state index is 4.83. The van der Waals surface area contributed by atoms with Crippen LogP contribution in [0.15, 0.2) is 0 Å². The molecule has 1 N–H and O–H groups in total. The Hall–Kier alpha value is -0.0800. The summed E-state index contributed by atoms with van der Waals surface area (Å²) in [5.41, 5.74) is 0. The van der Waals surface area contributed by atoms with E-state index < -0.39 is 0 Å². The molecule has 2 nitrogen and oxygen atoms in total. The molecule has 0 aliphatic carbocycles. The predicted octanol–water partition coefficient (Wildman–Crippen LogP) is 2.64. The molecule has 1 saturated heterocycles. The standard InChI is InChI=1S/C3H7NO.3C2H6/c1-2-5-3-4-1;3*1-2/h4H,1-3H2;3*1-2H3. The third kappa shape index (κ3) is 25.7. The Balaban J connectivity index is -0.0000000933. The van der Waals surface area contributed by atoms with Crippen molar-refractivity contribution in [2.45, 2.75) is 41.5 Å². The zero-order chi connectivity index (χ0) is 9.54. The van der Waals surface area contributed by atoms with E-state index in [1.54, 1.807) is 0 Å². The van der Waals surface area contributed by atoms with Crippen molar-refractivity contribution in [3.63, 3.8) is 0 Å². The Kier molecular flexibility index (Phi) is 50.8. The normalized spacial score (nSPS) is 12.5. The molecule has 0 amide bonds.